The van der Waals surface area contributed by atoms with Crippen LogP contribution in [-0.2, 0) is 0 Å². The number of nitrogens with one attached hydrogen (secondary N) is 1. The number of hydrogen-bond acceptors (Lipinski definition) is 4. The maximum Gasteiger partial charge on any atom is 0.219 e. The second-order valence-electron chi connectivity index (χ2n) is 5.92. The lowest BCUT2D eigenvalue weighted by Crippen LogP contribution is -2.23. The van der Waals surface area contributed by atoms with Crippen molar-refractivity contribution in [2.24, 2.45) is 0 Å². The van der Waals surface area contributed by atoms with Crippen molar-refractivity contribution < 1.29 is 4.74 Å². The minimum Gasteiger partial charge on any atom is -0.472 e. The Bertz CT molecular complexity index is 576. The van der Waals surface area contributed by atoms with Crippen LogP contribution in [0.4, 0.5) is 5.82 Å². The number of anilines is 1. The number of benzene rings is 1. The molecule has 0 aliphatic rings. The Morgan fingerprint density at radius 3 is 2.43 bits per heavy atom. The van der Waals surface area contributed by atoms with E-state index in [0.29, 0.717) is 11.7 Å². The zero-order chi connectivity index (χ0) is 15.3. The monoisotopic (exact) mass is 285 g/mol. The molecule has 0 radical (unpaired) electrons. The molecule has 0 amide bonds. The lowest BCUT2D eigenvalue weighted by atomic mass is 10.2. The first-order valence-corrected chi connectivity index (χ1v) is 7.35. The van der Waals surface area contributed by atoms with Gasteiger partial charge in [-0.25, -0.2) is 4.98 Å². The summed E-state index contributed by atoms with van der Waals surface area (Å²) in [5, 5.41) is 3.30. The first-order valence-electron chi connectivity index (χ1n) is 7.35. The molecule has 1 N–H and O–H groups in total. The Morgan fingerprint density at radius 1 is 1.10 bits per heavy atom. The third-order valence-electron chi connectivity index (χ3n) is 2.70. The topological polar surface area (TPSA) is 47.0 Å². The lowest BCUT2D eigenvalue weighted by Gasteiger charge is -2.21. The molecule has 0 bridgehead atoms. The average Bonchev–Trinajstić information content (AvgIpc) is 2.44. The normalized spacial score (nSPS) is 11.2. The summed E-state index contributed by atoms with van der Waals surface area (Å²) in [6.07, 6.45) is 1.04. The summed E-state index contributed by atoms with van der Waals surface area (Å²) < 4.78 is 5.89. The Kier molecular flexibility index (Phi) is 4.78. The van der Waals surface area contributed by atoms with Gasteiger partial charge in [0.05, 0.1) is 0 Å². The third kappa shape index (κ3) is 4.74. The highest BCUT2D eigenvalue weighted by Crippen LogP contribution is 2.23. The second-order valence-corrected chi connectivity index (χ2v) is 5.92. The quantitative estimate of drug-likeness (QED) is 0.896. The first-order chi connectivity index (χ1) is 9.98. The Balaban J connectivity index is 2.37. The van der Waals surface area contributed by atoms with Gasteiger partial charge in [-0.15, -0.1) is 0 Å². The van der Waals surface area contributed by atoms with Gasteiger partial charge < -0.3 is 10.1 Å². The van der Waals surface area contributed by atoms with Crippen LogP contribution in [0, 0.1) is 0 Å². The van der Waals surface area contributed by atoms with Crippen LogP contribution in [0.2, 0.25) is 0 Å². The van der Waals surface area contributed by atoms with E-state index in [-0.39, 0.29) is 5.60 Å². The number of rotatable bonds is 5. The van der Waals surface area contributed by atoms with Crippen molar-refractivity contribution in [3.63, 3.8) is 0 Å². The van der Waals surface area contributed by atoms with E-state index in [1.165, 1.54) is 0 Å². The average molecular weight is 285 g/mol. The molecule has 21 heavy (non-hydrogen) atoms. The molecule has 4 nitrogen and oxygen atoms in total. The lowest BCUT2D eigenvalue weighted by molar-refractivity contribution is 0.124. The summed E-state index contributed by atoms with van der Waals surface area (Å²) in [4.78, 5) is 9.09. The molecule has 0 atom stereocenters. The van der Waals surface area contributed by atoms with E-state index in [9.17, 15) is 0 Å². The van der Waals surface area contributed by atoms with Gasteiger partial charge in [0.2, 0.25) is 5.88 Å². The van der Waals surface area contributed by atoms with Gasteiger partial charge in [0.1, 0.15) is 11.4 Å². The number of ether oxygens (including phenoxy) is 1. The predicted molar refractivity (Wildman–Crippen MR) is 86.6 cm³/mol. The summed E-state index contributed by atoms with van der Waals surface area (Å²) in [7, 11) is 0. The molecule has 4 heteroatoms. The Labute approximate surface area is 126 Å². The van der Waals surface area contributed by atoms with Crippen molar-refractivity contribution in [1.29, 1.82) is 0 Å². The fourth-order valence-corrected chi connectivity index (χ4v) is 1.85. The van der Waals surface area contributed by atoms with Gasteiger partial charge in [-0.2, -0.15) is 4.98 Å². The van der Waals surface area contributed by atoms with Crippen molar-refractivity contribution in [3.05, 3.63) is 36.4 Å². The Morgan fingerprint density at radius 2 is 1.81 bits per heavy atom. The molecular weight excluding hydrogens is 262 g/mol. The van der Waals surface area contributed by atoms with Gasteiger partial charge in [0.15, 0.2) is 5.82 Å². The SMILES string of the molecule is CCCNc1cc(OC(C)(C)C)nc(-c2ccccc2)n1. The largest absolute Gasteiger partial charge is 0.472 e. The highest BCUT2D eigenvalue weighted by molar-refractivity contribution is 5.58. The number of nitrogens with zero attached hydrogens (tertiary/aromatic N) is 2. The molecular formula is C17H23N3O. The highest BCUT2D eigenvalue weighted by atomic mass is 16.5. The molecule has 0 aliphatic carbocycles. The fraction of sp³-hybridized carbons (Fsp3) is 0.412. The maximum atomic E-state index is 5.89. The van der Waals surface area contributed by atoms with E-state index in [1.54, 1.807) is 0 Å². The summed E-state index contributed by atoms with van der Waals surface area (Å²) in [5.74, 6) is 2.07. The molecule has 112 valence electrons. The molecule has 0 unspecified atom stereocenters. The van der Waals surface area contributed by atoms with Crippen molar-refractivity contribution in [2.75, 3.05) is 11.9 Å². The second kappa shape index (κ2) is 6.57. The smallest absolute Gasteiger partial charge is 0.219 e. The Hall–Kier alpha value is -2.10. The van der Waals surface area contributed by atoms with Crippen LogP contribution in [-0.4, -0.2) is 22.1 Å². The molecule has 2 aromatic rings. The van der Waals surface area contributed by atoms with Crippen molar-refractivity contribution in [2.45, 2.75) is 39.7 Å². The van der Waals surface area contributed by atoms with Gasteiger partial charge in [-0.1, -0.05) is 37.3 Å². The summed E-state index contributed by atoms with van der Waals surface area (Å²) in [6.45, 7) is 9.03. The van der Waals surface area contributed by atoms with Gasteiger partial charge in [0, 0.05) is 18.2 Å². The van der Waals surface area contributed by atoms with Crippen LogP contribution in [0.15, 0.2) is 36.4 Å². The molecule has 2 rings (SSSR count). The molecule has 0 spiro atoms. The van der Waals surface area contributed by atoms with E-state index in [2.05, 4.69) is 22.2 Å². The number of hydrogen-bond donors (Lipinski definition) is 1. The molecule has 0 aliphatic heterocycles. The van der Waals surface area contributed by atoms with Crippen LogP contribution in [0.25, 0.3) is 11.4 Å². The van der Waals surface area contributed by atoms with Crippen LogP contribution >= 0.6 is 0 Å². The van der Waals surface area contributed by atoms with Crippen molar-refractivity contribution >= 4 is 5.82 Å². The van der Waals surface area contributed by atoms with Gasteiger partial charge in [-0.3, -0.25) is 0 Å². The molecule has 0 saturated heterocycles. The molecule has 0 saturated carbocycles. The van der Waals surface area contributed by atoms with Crippen LogP contribution < -0.4 is 10.1 Å². The molecule has 1 heterocycles. The summed E-state index contributed by atoms with van der Waals surface area (Å²) >= 11 is 0. The van der Waals surface area contributed by atoms with Crippen LogP contribution in [0.5, 0.6) is 5.88 Å². The first kappa shape index (κ1) is 15.3. The van der Waals surface area contributed by atoms with Gasteiger partial charge >= 0.3 is 0 Å². The highest BCUT2D eigenvalue weighted by Gasteiger charge is 2.15. The van der Waals surface area contributed by atoms with Crippen molar-refractivity contribution in [1.82, 2.24) is 9.97 Å². The maximum absolute atomic E-state index is 5.89. The minimum absolute atomic E-state index is 0.287. The summed E-state index contributed by atoms with van der Waals surface area (Å²) in [5.41, 5.74) is 0.695. The van der Waals surface area contributed by atoms with E-state index < -0.39 is 0 Å². The van der Waals surface area contributed by atoms with Crippen molar-refractivity contribution in [3.8, 4) is 17.3 Å². The number of aromatic nitrogens is 2. The van der Waals surface area contributed by atoms with Gasteiger partial charge in [0.25, 0.3) is 0 Å². The standard InChI is InChI=1S/C17H23N3O/c1-5-11-18-14-12-15(21-17(2,3)4)20-16(19-14)13-9-7-6-8-10-13/h6-10,12H,5,11H2,1-4H3,(H,18,19,20). The van der Waals surface area contributed by atoms with Crippen LogP contribution in [0.1, 0.15) is 34.1 Å². The molecule has 1 aromatic carbocycles. The summed E-state index contributed by atoms with van der Waals surface area (Å²) in [6, 6.07) is 11.8. The fourth-order valence-electron chi connectivity index (χ4n) is 1.85. The van der Waals surface area contributed by atoms with E-state index in [0.717, 1.165) is 24.3 Å². The van der Waals surface area contributed by atoms with Crippen LogP contribution in [0.3, 0.4) is 0 Å². The van der Waals surface area contributed by atoms with E-state index >= 15 is 0 Å². The third-order valence-corrected chi connectivity index (χ3v) is 2.70. The minimum atomic E-state index is -0.287. The zero-order valence-corrected chi connectivity index (χ0v) is 13.2. The molecule has 0 fully saturated rings. The van der Waals surface area contributed by atoms with Gasteiger partial charge in [-0.05, 0) is 27.2 Å². The molecule has 1 aromatic heterocycles. The van der Waals surface area contributed by atoms with E-state index in [1.807, 2.05) is 57.2 Å². The van der Waals surface area contributed by atoms with E-state index in [4.69, 9.17) is 4.74 Å². The predicted octanol–water partition coefficient (Wildman–Crippen LogP) is 4.14. The zero-order valence-electron chi connectivity index (χ0n) is 13.2.